The van der Waals surface area contributed by atoms with E-state index in [4.69, 9.17) is 10.5 Å². The average molecular weight is 263 g/mol. The van der Waals surface area contributed by atoms with Crippen molar-refractivity contribution in [1.29, 1.82) is 0 Å². The predicted molar refractivity (Wildman–Crippen MR) is 82.0 cm³/mol. The van der Waals surface area contributed by atoms with Crippen molar-refractivity contribution >= 4 is 0 Å². The van der Waals surface area contributed by atoms with Crippen LogP contribution in [-0.4, -0.2) is 12.7 Å². The summed E-state index contributed by atoms with van der Waals surface area (Å²) in [7, 11) is 0. The zero-order chi connectivity index (χ0) is 14.5. The van der Waals surface area contributed by atoms with Crippen LogP contribution in [0.1, 0.15) is 52.6 Å². The van der Waals surface area contributed by atoms with Crippen molar-refractivity contribution in [2.45, 2.75) is 53.2 Å². The first-order valence-corrected chi connectivity index (χ1v) is 7.23. The number of hydrogen-bond donors (Lipinski definition) is 1. The van der Waals surface area contributed by atoms with Gasteiger partial charge in [0.05, 0.1) is 12.1 Å². The molecule has 0 aliphatic carbocycles. The van der Waals surface area contributed by atoms with Crippen molar-refractivity contribution in [3.63, 3.8) is 0 Å². The molecule has 0 saturated carbocycles. The predicted octanol–water partition coefficient (Wildman–Crippen LogP) is 4.16. The molecule has 0 bridgehead atoms. The Labute approximate surface area is 118 Å². The molecule has 2 nitrogen and oxygen atoms in total. The van der Waals surface area contributed by atoms with Crippen LogP contribution in [0.2, 0.25) is 0 Å². The van der Waals surface area contributed by atoms with Crippen LogP contribution < -0.4 is 5.73 Å². The molecule has 0 spiro atoms. The summed E-state index contributed by atoms with van der Waals surface area (Å²) in [6.07, 6.45) is 1.13. The largest absolute Gasteiger partial charge is 0.376 e. The highest BCUT2D eigenvalue weighted by atomic mass is 16.5. The van der Waals surface area contributed by atoms with Crippen molar-refractivity contribution in [3.8, 4) is 0 Å². The minimum Gasteiger partial charge on any atom is -0.376 e. The zero-order valence-corrected chi connectivity index (χ0v) is 13.0. The summed E-state index contributed by atoms with van der Waals surface area (Å²) in [5.74, 6) is 0.412. The van der Waals surface area contributed by atoms with E-state index in [0.717, 1.165) is 18.6 Å². The lowest BCUT2D eigenvalue weighted by atomic mass is 9.92. The van der Waals surface area contributed by atoms with Gasteiger partial charge in [0.2, 0.25) is 0 Å². The van der Waals surface area contributed by atoms with Gasteiger partial charge in [0, 0.05) is 6.61 Å². The standard InChI is InChI=1S/C17H29NO/c1-13(2)16(19-12-11-17(3,4)5)15(18)14-9-7-6-8-10-14/h6-10,13,15-16H,11-12,18H2,1-5H3. The highest BCUT2D eigenvalue weighted by molar-refractivity contribution is 5.19. The average Bonchev–Trinajstić information content (AvgIpc) is 2.33. The van der Waals surface area contributed by atoms with Crippen molar-refractivity contribution in [2.75, 3.05) is 6.61 Å². The van der Waals surface area contributed by atoms with Gasteiger partial charge in [-0.15, -0.1) is 0 Å². The van der Waals surface area contributed by atoms with Crippen LogP contribution in [0.15, 0.2) is 30.3 Å². The molecule has 0 fully saturated rings. The lowest BCUT2D eigenvalue weighted by Gasteiger charge is -2.29. The van der Waals surface area contributed by atoms with E-state index in [0.29, 0.717) is 11.3 Å². The summed E-state index contributed by atoms with van der Waals surface area (Å²) in [6.45, 7) is 11.8. The molecule has 2 unspecified atom stereocenters. The summed E-state index contributed by atoms with van der Waals surface area (Å²) >= 11 is 0. The van der Waals surface area contributed by atoms with Crippen molar-refractivity contribution < 1.29 is 4.74 Å². The Hall–Kier alpha value is -0.860. The van der Waals surface area contributed by atoms with Crippen molar-refractivity contribution in [1.82, 2.24) is 0 Å². The molecule has 0 saturated heterocycles. The van der Waals surface area contributed by atoms with Gasteiger partial charge in [-0.25, -0.2) is 0 Å². The minimum absolute atomic E-state index is 0.0545. The quantitative estimate of drug-likeness (QED) is 0.836. The Morgan fingerprint density at radius 1 is 1.11 bits per heavy atom. The monoisotopic (exact) mass is 263 g/mol. The Morgan fingerprint density at radius 3 is 2.16 bits per heavy atom. The fourth-order valence-corrected chi connectivity index (χ4v) is 2.08. The van der Waals surface area contributed by atoms with Crippen molar-refractivity contribution in [2.24, 2.45) is 17.1 Å². The second-order valence-corrected chi connectivity index (χ2v) is 6.83. The van der Waals surface area contributed by atoms with Crippen LogP contribution in [0.3, 0.4) is 0 Å². The molecule has 2 heteroatoms. The first-order chi connectivity index (χ1) is 8.81. The van der Waals surface area contributed by atoms with E-state index in [1.54, 1.807) is 0 Å². The maximum absolute atomic E-state index is 6.37. The SMILES string of the molecule is CC(C)C(OCCC(C)(C)C)C(N)c1ccccc1. The molecule has 19 heavy (non-hydrogen) atoms. The smallest absolute Gasteiger partial charge is 0.0790 e. The molecular formula is C17H29NO. The molecule has 1 aromatic carbocycles. The zero-order valence-electron chi connectivity index (χ0n) is 13.0. The Balaban J connectivity index is 2.62. The van der Waals surface area contributed by atoms with E-state index >= 15 is 0 Å². The number of nitrogens with two attached hydrogens (primary N) is 1. The Bertz CT molecular complexity index is 353. The maximum Gasteiger partial charge on any atom is 0.0790 e. The number of hydrogen-bond acceptors (Lipinski definition) is 2. The Kier molecular flexibility index (Phi) is 6.02. The topological polar surface area (TPSA) is 35.2 Å². The van der Waals surface area contributed by atoms with Gasteiger partial charge >= 0.3 is 0 Å². The number of benzene rings is 1. The lowest BCUT2D eigenvalue weighted by Crippen LogP contribution is -2.34. The molecule has 0 heterocycles. The Morgan fingerprint density at radius 2 is 1.68 bits per heavy atom. The van der Waals surface area contributed by atoms with Gasteiger partial charge in [-0.2, -0.15) is 0 Å². The third-order valence-corrected chi connectivity index (χ3v) is 3.36. The molecule has 0 aliphatic heterocycles. The maximum atomic E-state index is 6.37. The number of ether oxygens (including phenoxy) is 1. The molecule has 1 aromatic rings. The highest BCUT2D eigenvalue weighted by Gasteiger charge is 2.24. The number of rotatable bonds is 6. The van der Waals surface area contributed by atoms with Gasteiger partial charge in [0.25, 0.3) is 0 Å². The van der Waals surface area contributed by atoms with Gasteiger partial charge in [-0.1, -0.05) is 65.0 Å². The van der Waals surface area contributed by atoms with Gasteiger partial charge in [0.1, 0.15) is 0 Å². The molecule has 0 aromatic heterocycles. The summed E-state index contributed by atoms with van der Waals surface area (Å²) in [4.78, 5) is 0. The van der Waals surface area contributed by atoms with E-state index in [-0.39, 0.29) is 12.1 Å². The molecule has 0 aliphatic rings. The third kappa shape index (κ3) is 5.75. The second-order valence-electron chi connectivity index (χ2n) is 6.83. The van der Waals surface area contributed by atoms with Crippen LogP contribution >= 0.6 is 0 Å². The van der Waals surface area contributed by atoms with Gasteiger partial charge in [-0.05, 0) is 23.3 Å². The molecule has 0 amide bonds. The van der Waals surface area contributed by atoms with E-state index in [9.17, 15) is 0 Å². The summed E-state index contributed by atoms with van der Waals surface area (Å²) in [5.41, 5.74) is 7.82. The van der Waals surface area contributed by atoms with E-state index < -0.39 is 0 Å². The van der Waals surface area contributed by atoms with Gasteiger partial charge in [-0.3, -0.25) is 0 Å². The summed E-state index contributed by atoms with van der Waals surface area (Å²) in [6, 6.07) is 10.2. The van der Waals surface area contributed by atoms with Crippen LogP contribution in [0, 0.1) is 11.3 Å². The van der Waals surface area contributed by atoms with E-state index in [2.05, 4.69) is 46.8 Å². The van der Waals surface area contributed by atoms with E-state index in [1.165, 1.54) is 0 Å². The highest BCUT2D eigenvalue weighted by Crippen LogP contribution is 2.24. The molecule has 0 radical (unpaired) electrons. The third-order valence-electron chi connectivity index (χ3n) is 3.36. The van der Waals surface area contributed by atoms with Gasteiger partial charge in [0.15, 0.2) is 0 Å². The fourth-order valence-electron chi connectivity index (χ4n) is 2.08. The summed E-state index contributed by atoms with van der Waals surface area (Å²) in [5, 5.41) is 0. The molecule has 2 N–H and O–H groups in total. The van der Waals surface area contributed by atoms with Crippen LogP contribution in [0.25, 0.3) is 0 Å². The summed E-state index contributed by atoms with van der Waals surface area (Å²) < 4.78 is 6.07. The first kappa shape index (κ1) is 16.2. The normalized spacial score (nSPS) is 15.5. The molecular weight excluding hydrogens is 234 g/mol. The molecule has 2 atom stereocenters. The van der Waals surface area contributed by atoms with Crippen LogP contribution in [0.4, 0.5) is 0 Å². The van der Waals surface area contributed by atoms with E-state index in [1.807, 2.05) is 18.2 Å². The van der Waals surface area contributed by atoms with Gasteiger partial charge < -0.3 is 10.5 Å². The van der Waals surface area contributed by atoms with Crippen LogP contribution in [0.5, 0.6) is 0 Å². The van der Waals surface area contributed by atoms with Crippen LogP contribution in [-0.2, 0) is 4.74 Å². The second kappa shape index (κ2) is 7.06. The fraction of sp³-hybridized carbons (Fsp3) is 0.647. The molecule has 108 valence electrons. The minimum atomic E-state index is -0.0545. The lowest BCUT2D eigenvalue weighted by molar-refractivity contribution is -0.00616. The first-order valence-electron chi connectivity index (χ1n) is 7.23. The van der Waals surface area contributed by atoms with Crippen molar-refractivity contribution in [3.05, 3.63) is 35.9 Å². The molecule has 1 rings (SSSR count).